The predicted molar refractivity (Wildman–Crippen MR) is 277 cm³/mol. The van der Waals surface area contributed by atoms with Crippen molar-refractivity contribution in [1.82, 2.24) is 14.1 Å². The van der Waals surface area contributed by atoms with Gasteiger partial charge in [-0.25, -0.2) is 4.98 Å². The molecular formula is C61H48GeN4OPt-2. The van der Waals surface area contributed by atoms with E-state index in [0.29, 0.717) is 11.5 Å². The van der Waals surface area contributed by atoms with Gasteiger partial charge in [-0.05, 0) is 34.6 Å². The number of hydrogen-bond donors (Lipinski definition) is 0. The first-order valence-electron chi connectivity index (χ1n) is 23.0. The molecule has 68 heavy (non-hydrogen) atoms. The average molecular weight is 1120 g/mol. The molecule has 1 aliphatic heterocycles. The van der Waals surface area contributed by atoms with E-state index in [1.54, 1.807) is 0 Å². The van der Waals surface area contributed by atoms with Gasteiger partial charge in [-0.1, -0.05) is 44.5 Å². The van der Waals surface area contributed by atoms with E-state index in [9.17, 15) is 0 Å². The molecule has 1 aliphatic rings. The number of aromatic nitrogens is 4. The zero-order chi connectivity index (χ0) is 45.6. The van der Waals surface area contributed by atoms with Crippen LogP contribution in [0.5, 0.6) is 11.5 Å². The summed E-state index contributed by atoms with van der Waals surface area (Å²) in [6.07, 6.45) is 5.82. The molecule has 0 aliphatic carbocycles. The van der Waals surface area contributed by atoms with Gasteiger partial charge in [0, 0.05) is 38.5 Å². The van der Waals surface area contributed by atoms with Crippen LogP contribution in [0.2, 0.25) is 17.3 Å². The number of imidazole rings is 1. The van der Waals surface area contributed by atoms with Crippen LogP contribution in [0, 0.1) is 18.5 Å². The van der Waals surface area contributed by atoms with Crippen molar-refractivity contribution in [1.29, 1.82) is 0 Å². The number of fused-ring (bicyclic) bond motifs is 10. The van der Waals surface area contributed by atoms with Crippen LogP contribution < -0.4 is 13.7 Å². The molecule has 0 N–H and O–H groups in total. The first-order valence-corrected chi connectivity index (χ1v) is 30.4. The molecule has 0 saturated carbocycles. The minimum absolute atomic E-state index is 0. The Bertz CT molecular complexity index is 3760. The number of rotatable bonds is 6. The van der Waals surface area contributed by atoms with E-state index in [-0.39, 0.29) is 26.5 Å². The van der Waals surface area contributed by atoms with Crippen LogP contribution in [0.3, 0.4) is 0 Å². The van der Waals surface area contributed by atoms with Crippen LogP contribution >= 0.6 is 0 Å². The smallest absolute Gasteiger partial charge is 0.159 e. The molecule has 0 amide bonds. The average Bonchev–Trinajstić information content (AvgIpc) is 3.90. The maximum absolute atomic E-state index is 6.73. The Kier molecular flexibility index (Phi) is 10.8. The van der Waals surface area contributed by atoms with Gasteiger partial charge in [0.2, 0.25) is 0 Å². The second-order valence-electron chi connectivity index (χ2n) is 19.7. The Labute approximate surface area is 415 Å². The molecule has 3 aromatic heterocycles. The minimum Gasteiger partial charge on any atom is -0.159 e. The number of nitrogens with zero attached hydrogens (tertiary/aromatic N) is 4. The Morgan fingerprint density at radius 2 is 1.16 bits per heavy atom. The first-order chi connectivity index (χ1) is 32.5. The molecule has 7 heteroatoms. The summed E-state index contributed by atoms with van der Waals surface area (Å²) in [7, 11) is 0. The van der Waals surface area contributed by atoms with Gasteiger partial charge in [-0.15, -0.1) is 23.6 Å². The fourth-order valence-corrected chi connectivity index (χ4v) is 12.4. The molecule has 0 unspecified atom stereocenters. The van der Waals surface area contributed by atoms with Crippen molar-refractivity contribution < 1.29 is 30.4 Å². The predicted octanol–water partition coefficient (Wildman–Crippen LogP) is 14.4. The van der Waals surface area contributed by atoms with E-state index < -0.39 is 13.3 Å². The third-order valence-electron chi connectivity index (χ3n) is 13.3. The molecule has 0 radical (unpaired) electrons. The summed E-state index contributed by atoms with van der Waals surface area (Å²) in [6.45, 7) is 6.69. The second kappa shape index (κ2) is 16.8. The quantitative estimate of drug-likeness (QED) is 0.0945. The summed E-state index contributed by atoms with van der Waals surface area (Å²) in [5.74, 6) is 9.37. The monoisotopic (exact) mass is 1120 g/mol. The minimum atomic E-state index is -2.06. The molecular weight excluding hydrogens is 1070 g/mol. The first kappa shape index (κ1) is 43.8. The normalized spacial score (nSPS) is 12.1. The maximum atomic E-state index is 6.73. The van der Waals surface area contributed by atoms with E-state index in [2.05, 4.69) is 228 Å². The Balaban J connectivity index is 0.00000507. The van der Waals surface area contributed by atoms with Crippen LogP contribution in [0.15, 0.2) is 182 Å². The molecule has 0 atom stereocenters. The third kappa shape index (κ3) is 7.35. The molecule has 0 saturated heterocycles. The fourth-order valence-electron chi connectivity index (χ4n) is 9.93. The van der Waals surface area contributed by atoms with Crippen LogP contribution in [-0.4, -0.2) is 27.4 Å². The zero-order valence-corrected chi connectivity index (χ0v) is 43.2. The van der Waals surface area contributed by atoms with Gasteiger partial charge < -0.3 is 9.30 Å². The number of ether oxygens (including phenoxy) is 1. The molecule has 334 valence electrons. The molecule has 0 spiro atoms. The van der Waals surface area contributed by atoms with Crippen LogP contribution in [0.1, 0.15) is 26.3 Å². The van der Waals surface area contributed by atoms with Gasteiger partial charge in [-0.2, -0.15) is 6.07 Å². The Hall–Kier alpha value is -6.79. The second-order valence-corrected chi connectivity index (χ2v) is 30.3. The van der Waals surface area contributed by atoms with Crippen molar-refractivity contribution >= 4 is 50.5 Å². The Morgan fingerprint density at radius 1 is 0.559 bits per heavy atom. The molecule has 0 bridgehead atoms. The van der Waals surface area contributed by atoms with Crippen LogP contribution in [0.25, 0.3) is 94.5 Å². The zero-order valence-electron chi connectivity index (χ0n) is 38.8. The Morgan fingerprint density at radius 3 is 1.90 bits per heavy atom. The van der Waals surface area contributed by atoms with Crippen molar-refractivity contribution in [3.05, 3.63) is 206 Å². The molecule has 11 aromatic rings. The molecule has 5 nitrogen and oxygen atoms in total. The number of hydrogen-bond acceptors (Lipinski definition) is 2. The van der Waals surface area contributed by atoms with Crippen molar-refractivity contribution in [3.8, 4) is 73.2 Å². The number of pyridine rings is 1. The fraction of sp³-hybridized carbons (Fsp3) is 0.115. The van der Waals surface area contributed by atoms with E-state index in [1.165, 1.54) is 37.8 Å². The van der Waals surface area contributed by atoms with Crippen LogP contribution in [0.4, 0.5) is 0 Å². The van der Waals surface area contributed by atoms with Crippen LogP contribution in [-0.2, 0) is 26.5 Å². The molecule has 4 heterocycles. The van der Waals surface area contributed by atoms with E-state index >= 15 is 0 Å². The van der Waals surface area contributed by atoms with Gasteiger partial charge in [0.05, 0.1) is 0 Å². The summed E-state index contributed by atoms with van der Waals surface area (Å²) in [5.41, 5.74) is 16.4. The van der Waals surface area contributed by atoms with Crippen molar-refractivity contribution in [2.24, 2.45) is 0 Å². The summed E-state index contributed by atoms with van der Waals surface area (Å²) in [6, 6.07) is 70.6. The molecule has 12 rings (SSSR count). The molecule has 0 fully saturated rings. The number of para-hydroxylation sites is 3. The van der Waals surface area contributed by atoms with Gasteiger partial charge in [0.15, 0.2) is 0 Å². The topological polar surface area (TPSA) is 35.9 Å². The third-order valence-corrected chi connectivity index (χ3v) is 17.7. The van der Waals surface area contributed by atoms with Gasteiger partial charge in [-0.3, -0.25) is 0 Å². The SMILES string of the molecule is CC(C)(C)c1ccnc(-n2c3[c-]c(Oc4[c-]c(-n5[c-][n+]6c7c(cccc75)-c5ccccc5-c5ccccc5-c5cccc(-c7cc[c]([Ge]([CH3])([CH3])[CH3])cc7)c5-6)ccc4)ccc3c3ccccc32)c1.[Pt]. The van der Waals surface area contributed by atoms with Crippen molar-refractivity contribution in [2.75, 3.05) is 0 Å². The van der Waals surface area contributed by atoms with Gasteiger partial charge >= 0.3 is 250 Å². The van der Waals surface area contributed by atoms with E-state index in [1.807, 2.05) is 24.4 Å². The van der Waals surface area contributed by atoms with E-state index in [4.69, 9.17) is 9.72 Å². The van der Waals surface area contributed by atoms with Crippen molar-refractivity contribution in [3.63, 3.8) is 0 Å². The summed E-state index contributed by atoms with van der Waals surface area (Å²) < 4.78 is 14.8. The summed E-state index contributed by atoms with van der Waals surface area (Å²) >= 11 is -2.06. The number of benzene rings is 8. The standard InChI is InChI=1S/C61H48GeN4O.Pt/c1-61(2,3)41-34-35-63-58(36-41)66-55-26-12-11-22-51(55)52-33-32-45(38-57(52)66)67-44-17-13-16-43(37-44)64-39-65-59-46(40-28-30-42(31-29-40)62(4,5)6)23-14-24-53(59)49-20-9-7-18-47(49)48-19-8-10-21-50(48)54-25-15-27-56(64)60(54)65;/h7-36H,1-6H3;/q-2;. The summed E-state index contributed by atoms with van der Waals surface area (Å²) in [4.78, 5) is 4.88. The van der Waals surface area contributed by atoms with Gasteiger partial charge in [0.25, 0.3) is 0 Å². The summed E-state index contributed by atoms with van der Waals surface area (Å²) in [5, 5.41) is 2.22. The van der Waals surface area contributed by atoms with Crippen molar-refractivity contribution in [2.45, 2.75) is 43.5 Å². The van der Waals surface area contributed by atoms with E-state index in [0.717, 1.165) is 66.7 Å². The van der Waals surface area contributed by atoms with Gasteiger partial charge in [0.1, 0.15) is 5.82 Å². The molecule has 8 aromatic carbocycles.